The summed E-state index contributed by atoms with van der Waals surface area (Å²) in [5.74, 6) is 1.13. The van der Waals surface area contributed by atoms with Gasteiger partial charge in [0.15, 0.2) is 0 Å². The van der Waals surface area contributed by atoms with Gasteiger partial charge in [-0.15, -0.1) is 0 Å². The number of ketones is 1. The number of carbonyl (C=O) groups is 1. The lowest BCUT2D eigenvalue weighted by atomic mass is 9.71. The Bertz CT molecular complexity index is 745. The van der Waals surface area contributed by atoms with Gasteiger partial charge >= 0.3 is 0 Å². The van der Waals surface area contributed by atoms with E-state index in [-0.39, 0.29) is 5.92 Å². The molecule has 0 bridgehead atoms. The molecule has 116 valence electrons. The molecule has 2 aromatic rings. The number of hydrogen-bond acceptors (Lipinski definition) is 2. The first-order valence-corrected chi connectivity index (χ1v) is 8.40. The highest BCUT2D eigenvalue weighted by Gasteiger charge is 2.40. The lowest BCUT2D eigenvalue weighted by molar-refractivity contribution is -0.125. The van der Waals surface area contributed by atoms with Gasteiger partial charge < -0.3 is 9.47 Å². The summed E-state index contributed by atoms with van der Waals surface area (Å²) < 4.78 is 2.25. The molecule has 1 aromatic heterocycles. The summed E-state index contributed by atoms with van der Waals surface area (Å²) in [6.07, 6.45) is 5.09. The van der Waals surface area contributed by atoms with Crippen LogP contribution in [0.1, 0.15) is 36.8 Å². The van der Waals surface area contributed by atoms with Crippen LogP contribution in [0.5, 0.6) is 0 Å². The van der Waals surface area contributed by atoms with Crippen molar-refractivity contribution in [2.75, 3.05) is 13.6 Å². The molecule has 0 radical (unpaired) electrons. The van der Waals surface area contributed by atoms with E-state index in [1.54, 1.807) is 0 Å². The summed E-state index contributed by atoms with van der Waals surface area (Å²) in [6, 6.07) is 7.22. The Kier molecular flexibility index (Phi) is 3.15. The van der Waals surface area contributed by atoms with Crippen LogP contribution < -0.4 is 0 Å². The minimum atomic E-state index is 0.205. The minimum absolute atomic E-state index is 0.205. The molecule has 0 amide bonds. The number of aryl methyl sites for hydroxylation is 1. The number of likely N-dealkylation sites (tertiary alicyclic amines) is 1. The van der Waals surface area contributed by atoms with Crippen molar-refractivity contribution in [2.45, 2.75) is 38.1 Å². The Labute approximate surface area is 131 Å². The predicted molar refractivity (Wildman–Crippen MR) is 89.2 cm³/mol. The van der Waals surface area contributed by atoms with E-state index in [0.29, 0.717) is 24.2 Å². The average Bonchev–Trinajstić information content (AvgIpc) is 2.85. The molecule has 3 atom stereocenters. The smallest absolute Gasteiger partial charge is 0.137 e. The first kappa shape index (κ1) is 14.0. The van der Waals surface area contributed by atoms with Gasteiger partial charge in [0.2, 0.25) is 0 Å². The van der Waals surface area contributed by atoms with Crippen molar-refractivity contribution in [2.24, 2.45) is 13.0 Å². The van der Waals surface area contributed by atoms with E-state index in [2.05, 4.69) is 48.0 Å². The fourth-order valence-corrected chi connectivity index (χ4v) is 4.74. The molecule has 1 aliphatic carbocycles. The molecule has 1 aromatic carbocycles. The predicted octanol–water partition coefficient (Wildman–Crippen LogP) is 3.12. The largest absolute Gasteiger partial charge is 0.350 e. The van der Waals surface area contributed by atoms with E-state index >= 15 is 0 Å². The second kappa shape index (κ2) is 4.95. The normalized spacial score (nSPS) is 27.9. The van der Waals surface area contributed by atoms with Gasteiger partial charge in [-0.05, 0) is 37.1 Å². The fraction of sp³-hybridized carbons (Fsp3) is 0.526. The van der Waals surface area contributed by atoms with Crippen molar-refractivity contribution in [3.63, 3.8) is 0 Å². The highest BCUT2D eigenvalue weighted by molar-refractivity contribution is 5.89. The maximum atomic E-state index is 12.2. The summed E-state index contributed by atoms with van der Waals surface area (Å²) in [7, 11) is 4.33. The maximum absolute atomic E-state index is 12.2. The monoisotopic (exact) mass is 296 g/mol. The lowest BCUT2D eigenvalue weighted by Gasteiger charge is -2.45. The molecule has 2 heterocycles. The van der Waals surface area contributed by atoms with Crippen molar-refractivity contribution in [1.82, 2.24) is 9.47 Å². The molecular weight excluding hydrogens is 272 g/mol. The molecule has 22 heavy (non-hydrogen) atoms. The van der Waals surface area contributed by atoms with Gasteiger partial charge in [-0.2, -0.15) is 0 Å². The van der Waals surface area contributed by atoms with Gasteiger partial charge in [0.1, 0.15) is 5.78 Å². The van der Waals surface area contributed by atoms with Crippen LogP contribution in [0.4, 0.5) is 0 Å². The van der Waals surface area contributed by atoms with Crippen LogP contribution in [-0.2, 0) is 18.3 Å². The van der Waals surface area contributed by atoms with E-state index in [9.17, 15) is 4.79 Å². The average molecular weight is 296 g/mol. The number of aromatic nitrogens is 1. The van der Waals surface area contributed by atoms with E-state index in [0.717, 1.165) is 19.4 Å². The molecule has 3 nitrogen and oxygen atoms in total. The molecule has 1 unspecified atom stereocenters. The summed E-state index contributed by atoms with van der Waals surface area (Å²) in [6.45, 7) is 2.91. The highest BCUT2D eigenvalue weighted by atomic mass is 16.1. The fourth-order valence-electron chi connectivity index (χ4n) is 4.74. The Morgan fingerprint density at radius 2 is 2.14 bits per heavy atom. The molecule has 0 spiro atoms. The number of rotatable bonds is 2. The van der Waals surface area contributed by atoms with E-state index < -0.39 is 0 Å². The zero-order chi connectivity index (χ0) is 15.4. The number of piperidine rings is 1. The van der Waals surface area contributed by atoms with E-state index in [1.165, 1.54) is 22.0 Å². The van der Waals surface area contributed by atoms with Gasteiger partial charge in [0.25, 0.3) is 0 Å². The van der Waals surface area contributed by atoms with Crippen molar-refractivity contribution in [1.29, 1.82) is 0 Å². The molecule has 0 N–H and O–H groups in total. The zero-order valence-electron chi connectivity index (χ0n) is 13.7. The Morgan fingerprint density at radius 1 is 1.32 bits per heavy atom. The second-order valence-corrected chi connectivity index (χ2v) is 7.08. The SMILES string of the molecule is CCC(=O)C1C[C@@H]2c3cccc4c3c(cn4C)C[C@H]2N(C)C1. The van der Waals surface area contributed by atoms with Crippen LogP contribution >= 0.6 is 0 Å². The van der Waals surface area contributed by atoms with Crippen molar-refractivity contribution >= 4 is 16.7 Å². The topological polar surface area (TPSA) is 25.2 Å². The maximum Gasteiger partial charge on any atom is 0.137 e. The standard InChI is InChI=1S/C19H24N2O/c1-4-18(22)12-8-15-14-6-5-7-16-19(14)13(11-20(16)2)9-17(15)21(3)10-12/h5-7,11-12,15,17H,4,8-10H2,1-3H3/t12?,15-,17-/m1/s1. The summed E-state index contributed by atoms with van der Waals surface area (Å²) >= 11 is 0. The second-order valence-electron chi connectivity index (χ2n) is 7.08. The van der Waals surface area contributed by atoms with Gasteiger partial charge in [-0.25, -0.2) is 0 Å². The molecule has 1 saturated heterocycles. The van der Waals surface area contributed by atoms with Crippen molar-refractivity contribution in [3.05, 3.63) is 35.5 Å². The molecular formula is C19H24N2O. The van der Waals surface area contributed by atoms with Gasteiger partial charge in [-0.3, -0.25) is 4.79 Å². The third kappa shape index (κ3) is 1.88. The number of hydrogen-bond donors (Lipinski definition) is 0. The van der Waals surface area contributed by atoms with Crippen LogP contribution in [0.25, 0.3) is 10.9 Å². The first-order chi connectivity index (χ1) is 10.6. The van der Waals surface area contributed by atoms with Gasteiger partial charge in [-0.1, -0.05) is 19.1 Å². The Hall–Kier alpha value is -1.61. The Balaban J connectivity index is 1.82. The number of nitrogens with zero attached hydrogens (tertiary/aromatic N) is 2. The zero-order valence-corrected chi connectivity index (χ0v) is 13.7. The molecule has 3 heteroatoms. The van der Waals surface area contributed by atoms with E-state index in [1.807, 2.05) is 6.92 Å². The minimum Gasteiger partial charge on any atom is -0.350 e. The quantitative estimate of drug-likeness (QED) is 0.851. The number of carbonyl (C=O) groups excluding carboxylic acids is 1. The number of likely N-dealkylation sites (N-methyl/N-ethyl adjacent to an activating group) is 1. The highest BCUT2D eigenvalue weighted by Crippen LogP contribution is 2.44. The summed E-state index contributed by atoms with van der Waals surface area (Å²) in [4.78, 5) is 14.7. The number of fused-ring (bicyclic) bond motifs is 2. The van der Waals surface area contributed by atoms with Crippen LogP contribution in [0.15, 0.2) is 24.4 Å². The van der Waals surface area contributed by atoms with Gasteiger partial charge in [0, 0.05) is 55.0 Å². The summed E-state index contributed by atoms with van der Waals surface area (Å²) in [5.41, 5.74) is 4.27. The molecule has 1 aliphatic heterocycles. The van der Waals surface area contributed by atoms with Crippen LogP contribution in [0, 0.1) is 5.92 Å². The lowest BCUT2D eigenvalue weighted by Crippen LogP contribution is -2.49. The summed E-state index contributed by atoms with van der Waals surface area (Å²) in [5, 5.41) is 1.45. The molecule has 1 fully saturated rings. The Morgan fingerprint density at radius 3 is 2.91 bits per heavy atom. The van der Waals surface area contributed by atoms with Crippen LogP contribution in [0.3, 0.4) is 0 Å². The third-order valence-electron chi connectivity index (χ3n) is 5.84. The van der Waals surface area contributed by atoms with E-state index in [4.69, 9.17) is 0 Å². The van der Waals surface area contributed by atoms with Crippen LogP contribution in [-0.4, -0.2) is 34.9 Å². The van der Waals surface area contributed by atoms with Crippen molar-refractivity contribution < 1.29 is 4.79 Å². The van der Waals surface area contributed by atoms with Crippen molar-refractivity contribution in [3.8, 4) is 0 Å². The van der Waals surface area contributed by atoms with Gasteiger partial charge in [0.05, 0.1) is 0 Å². The van der Waals surface area contributed by atoms with Crippen LogP contribution in [0.2, 0.25) is 0 Å². The number of Topliss-reactive ketones (excluding diaryl/α,β-unsaturated/α-hetero) is 1. The first-order valence-electron chi connectivity index (χ1n) is 8.40. The molecule has 0 saturated carbocycles. The molecule has 2 aliphatic rings. The number of benzene rings is 1. The molecule has 4 rings (SSSR count). The third-order valence-corrected chi connectivity index (χ3v) is 5.84.